The van der Waals surface area contributed by atoms with Gasteiger partial charge in [-0.1, -0.05) is 51.8 Å². The summed E-state index contributed by atoms with van der Waals surface area (Å²) in [4.78, 5) is 12.6. The van der Waals surface area contributed by atoms with Gasteiger partial charge in [0.05, 0.1) is 10.9 Å². The molecule has 0 saturated heterocycles. The molecule has 1 fully saturated rings. The summed E-state index contributed by atoms with van der Waals surface area (Å²) >= 11 is 5.78. The van der Waals surface area contributed by atoms with Crippen LogP contribution in [-0.2, 0) is 4.79 Å². The summed E-state index contributed by atoms with van der Waals surface area (Å²) in [5.74, 6) is -0.742. The van der Waals surface area contributed by atoms with E-state index >= 15 is 0 Å². The second kappa shape index (κ2) is 7.97. The van der Waals surface area contributed by atoms with Gasteiger partial charge in [-0.3, -0.25) is 4.79 Å². The average Bonchev–Trinajstić information content (AvgIpc) is 2.49. The molecule has 1 aromatic rings. The van der Waals surface area contributed by atoms with E-state index in [1.807, 2.05) is 13.8 Å². The fourth-order valence-electron chi connectivity index (χ4n) is 3.67. The number of carbonyl (C=O) groups excluding carboxylic acids is 1. The molecule has 0 amide bonds. The van der Waals surface area contributed by atoms with Crippen LogP contribution in [0.2, 0.25) is 5.02 Å². The maximum atomic E-state index is 13.8. The maximum absolute atomic E-state index is 13.8. The Morgan fingerprint density at radius 2 is 2.12 bits per heavy atom. The highest BCUT2D eigenvalue weighted by molar-refractivity contribution is 6.30. The molecule has 2 rings (SSSR count). The van der Waals surface area contributed by atoms with Crippen molar-refractivity contribution in [3.63, 3.8) is 0 Å². The van der Waals surface area contributed by atoms with Crippen LogP contribution in [0.4, 0.5) is 4.39 Å². The van der Waals surface area contributed by atoms with Gasteiger partial charge in [-0.2, -0.15) is 0 Å². The van der Waals surface area contributed by atoms with Gasteiger partial charge in [0.2, 0.25) is 0 Å². The van der Waals surface area contributed by atoms with Crippen molar-refractivity contribution in [3.8, 4) is 0 Å². The highest BCUT2D eigenvalue weighted by atomic mass is 35.5. The Kier molecular flexibility index (Phi) is 6.44. The van der Waals surface area contributed by atoms with Gasteiger partial charge in [0.25, 0.3) is 0 Å². The van der Waals surface area contributed by atoms with Crippen molar-refractivity contribution in [2.75, 3.05) is 6.54 Å². The summed E-state index contributed by atoms with van der Waals surface area (Å²) in [5, 5.41) is 3.66. The zero-order valence-corrected chi connectivity index (χ0v) is 15.9. The van der Waals surface area contributed by atoms with Crippen LogP contribution in [0.3, 0.4) is 0 Å². The second-order valence-electron chi connectivity index (χ2n) is 8.15. The number of halogens is 2. The van der Waals surface area contributed by atoms with E-state index in [4.69, 9.17) is 11.6 Å². The third-order valence-corrected chi connectivity index (χ3v) is 5.38. The van der Waals surface area contributed by atoms with Crippen molar-refractivity contribution >= 4 is 17.4 Å². The lowest BCUT2D eigenvalue weighted by Crippen LogP contribution is -2.40. The van der Waals surface area contributed by atoms with Crippen molar-refractivity contribution in [3.05, 3.63) is 34.6 Å². The lowest BCUT2D eigenvalue weighted by Gasteiger charge is -2.36. The van der Waals surface area contributed by atoms with Gasteiger partial charge in [-0.05, 0) is 42.4 Å². The zero-order valence-electron chi connectivity index (χ0n) is 15.2. The normalized spacial score (nSPS) is 21.7. The molecular weight excluding hydrogens is 325 g/mol. The Morgan fingerprint density at radius 1 is 1.42 bits per heavy atom. The quantitative estimate of drug-likeness (QED) is 0.747. The topological polar surface area (TPSA) is 29.1 Å². The van der Waals surface area contributed by atoms with E-state index in [2.05, 4.69) is 19.2 Å². The minimum atomic E-state index is -0.463. The molecule has 4 heteroatoms. The summed E-state index contributed by atoms with van der Waals surface area (Å²) in [6, 6.07) is 5.13. The molecule has 2 atom stereocenters. The Morgan fingerprint density at radius 3 is 2.71 bits per heavy atom. The van der Waals surface area contributed by atoms with Crippen LogP contribution >= 0.6 is 11.6 Å². The number of hydrogen-bond donors (Lipinski definition) is 1. The van der Waals surface area contributed by atoms with Crippen molar-refractivity contribution in [2.24, 2.45) is 11.3 Å². The highest BCUT2D eigenvalue weighted by Gasteiger charge is 2.30. The van der Waals surface area contributed by atoms with Gasteiger partial charge in [-0.25, -0.2) is 4.39 Å². The van der Waals surface area contributed by atoms with Gasteiger partial charge >= 0.3 is 0 Å². The van der Waals surface area contributed by atoms with Crippen LogP contribution in [0, 0.1) is 17.2 Å². The van der Waals surface area contributed by atoms with Gasteiger partial charge in [0.1, 0.15) is 11.6 Å². The minimum absolute atomic E-state index is 0.0849. The van der Waals surface area contributed by atoms with E-state index < -0.39 is 5.82 Å². The molecule has 24 heavy (non-hydrogen) atoms. The molecular formula is C20H29ClFNO. The van der Waals surface area contributed by atoms with Gasteiger partial charge in [0.15, 0.2) is 0 Å². The van der Waals surface area contributed by atoms with Crippen LogP contribution in [0.1, 0.15) is 64.9 Å². The lowest BCUT2D eigenvalue weighted by molar-refractivity contribution is -0.123. The number of hydrogen-bond acceptors (Lipinski definition) is 2. The van der Waals surface area contributed by atoms with E-state index in [0.29, 0.717) is 23.6 Å². The van der Waals surface area contributed by atoms with E-state index in [9.17, 15) is 9.18 Å². The molecule has 0 heterocycles. The molecule has 0 bridgehead atoms. The first-order valence-corrected chi connectivity index (χ1v) is 9.29. The number of ketones is 1. The van der Waals surface area contributed by atoms with Gasteiger partial charge < -0.3 is 5.32 Å². The average molecular weight is 354 g/mol. The molecule has 1 aliphatic rings. The first-order chi connectivity index (χ1) is 11.2. The first kappa shape index (κ1) is 19.4. The molecule has 1 aromatic carbocycles. The summed E-state index contributed by atoms with van der Waals surface area (Å²) in [5.41, 5.74) is 1.05. The minimum Gasteiger partial charge on any atom is -0.313 e. The summed E-state index contributed by atoms with van der Waals surface area (Å²) in [6.07, 6.45) is 4.72. The Balaban J connectivity index is 2.12. The number of nitrogens with one attached hydrogen (secondary N) is 1. The third kappa shape index (κ3) is 5.03. The summed E-state index contributed by atoms with van der Waals surface area (Å²) in [6.45, 7) is 8.94. The highest BCUT2D eigenvalue weighted by Crippen LogP contribution is 2.35. The SMILES string of the molecule is CC(C)C(=O)[C@H](CNC1CCCC(C)(C)C1)c1ccc(Cl)c(F)c1. The van der Waals surface area contributed by atoms with E-state index in [0.717, 1.165) is 12.8 Å². The molecule has 1 aliphatic carbocycles. The largest absolute Gasteiger partial charge is 0.313 e. The zero-order chi connectivity index (χ0) is 17.9. The predicted molar refractivity (Wildman–Crippen MR) is 98.0 cm³/mol. The number of carbonyl (C=O) groups is 1. The molecule has 0 spiro atoms. The van der Waals surface area contributed by atoms with Crippen molar-refractivity contribution < 1.29 is 9.18 Å². The van der Waals surface area contributed by atoms with Gasteiger partial charge in [0, 0.05) is 18.5 Å². The molecule has 0 aromatic heterocycles. The monoisotopic (exact) mass is 353 g/mol. The smallest absolute Gasteiger partial charge is 0.144 e. The van der Waals surface area contributed by atoms with Crippen LogP contribution in [0.15, 0.2) is 18.2 Å². The molecule has 1 N–H and O–H groups in total. The van der Waals surface area contributed by atoms with Gasteiger partial charge in [-0.15, -0.1) is 0 Å². The summed E-state index contributed by atoms with van der Waals surface area (Å²) < 4.78 is 13.8. The third-order valence-electron chi connectivity index (χ3n) is 5.07. The Bertz CT molecular complexity index is 585. The van der Waals surface area contributed by atoms with Crippen LogP contribution < -0.4 is 5.32 Å². The van der Waals surface area contributed by atoms with E-state index in [1.54, 1.807) is 6.07 Å². The predicted octanol–water partition coefficient (Wildman–Crippen LogP) is 5.35. The molecule has 0 aliphatic heterocycles. The fourth-order valence-corrected chi connectivity index (χ4v) is 3.79. The molecule has 134 valence electrons. The number of Topliss-reactive ketones (excluding diaryl/α,β-unsaturated/α-hetero) is 1. The van der Waals surface area contributed by atoms with Crippen molar-refractivity contribution in [1.82, 2.24) is 5.32 Å². The van der Waals surface area contributed by atoms with E-state index in [1.165, 1.54) is 25.0 Å². The van der Waals surface area contributed by atoms with Crippen molar-refractivity contribution in [2.45, 2.75) is 65.3 Å². The fraction of sp³-hybridized carbons (Fsp3) is 0.650. The van der Waals surface area contributed by atoms with Crippen LogP contribution in [-0.4, -0.2) is 18.4 Å². The first-order valence-electron chi connectivity index (χ1n) is 8.91. The summed E-state index contributed by atoms with van der Waals surface area (Å²) in [7, 11) is 0. The molecule has 0 radical (unpaired) electrons. The Hall–Kier alpha value is -0.930. The number of benzene rings is 1. The lowest BCUT2D eigenvalue weighted by atomic mass is 9.75. The molecule has 2 nitrogen and oxygen atoms in total. The van der Waals surface area contributed by atoms with Crippen molar-refractivity contribution in [1.29, 1.82) is 0 Å². The Labute approximate surface area is 150 Å². The van der Waals surface area contributed by atoms with Crippen LogP contribution in [0.25, 0.3) is 0 Å². The van der Waals surface area contributed by atoms with Crippen LogP contribution in [0.5, 0.6) is 0 Å². The molecule has 1 saturated carbocycles. The number of rotatable bonds is 6. The maximum Gasteiger partial charge on any atom is 0.144 e. The standard InChI is InChI=1S/C20H29ClFNO/c1-13(2)19(24)16(14-7-8-17(21)18(22)10-14)12-23-15-6-5-9-20(3,4)11-15/h7-8,10,13,15-16,23H,5-6,9,11-12H2,1-4H3/t15?,16-/m1/s1. The molecule has 1 unspecified atom stereocenters. The second-order valence-corrected chi connectivity index (χ2v) is 8.56. The van der Waals surface area contributed by atoms with E-state index in [-0.39, 0.29) is 22.6 Å².